The highest BCUT2D eigenvalue weighted by molar-refractivity contribution is 6.32. The highest BCUT2D eigenvalue weighted by atomic mass is 35.5. The van der Waals surface area contributed by atoms with E-state index in [-0.39, 0.29) is 0 Å². The quantitative estimate of drug-likeness (QED) is 0.720. The maximum absolute atomic E-state index is 6.08. The number of benzene rings is 1. The topological polar surface area (TPSA) is 30.9 Å². The first-order chi connectivity index (χ1) is 10.5. The summed E-state index contributed by atoms with van der Waals surface area (Å²) in [5, 5.41) is 0.641. The minimum absolute atomic E-state index is 0.301. The summed E-state index contributed by atoms with van der Waals surface area (Å²) in [6.45, 7) is 10.9. The molecule has 5 heteroatoms. The van der Waals surface area contributed by atoms with Crippen LogP contribution in [0.2, 0.25) is 5.02 Å². The molecule has 2 atom stereocenters. The van der Waals surface area contributed by atoms with Gasteiger partial charge in [0.25, 0.3) is 0 Å². The molecule has 1 aliphatic heterocycles. The van der Waals surface area contributed by atoms with Gasteiger partial charge in [-0.25, -0.2) is 0 Å². The first-order valence-corrected chi connectivity index (χ1v) is 8.27. The van der Waals surface area contributed by atoms with Crippen molar-refractivity contribution in [1.82, 2.24) is 4.90 Å². The molecule has 22 heavy (non-hydrogen) atoms. The van der Waals surface area contributed by atoms with Gasteiger partial charge in [-0.2, -0.15) is 0 Å². The fourth-order valence-corrected chi connectivity index (χ4v) is 2.87. The Balaban J connectivity index is 1.58. The highest BCUT2D eigenvalue weighted by Gasteiger charge is 2.21. The molecule has 2 rings (SSSR count). The van der Waals surface area contributed by atoms with Crippen LogP contribution in [0.25, 0.3) is 0 Å². The van der Waals surface area contributed by atoms with Crippen LogP contribution >= 0.6 is 11.6 Å². The minimum atomic E-state index is 0.301. The van der Waals surface area contributed by atoms with Gasteiger partial charge in [0.05, 0.1) is 30.4 Å². The molecule has 1 fully saturated rings. The van der Waals surface area contributed by atoms with Crippen molar-refractivity contribution in [2.45, 2.75) is 33.0 Å². The van der Waals surface area contributed by atoms with Crippen molar-refractivity contribution < 1.29 is 14.2 Å². The van der Waals surface area contributed by atoms with Gasteiger partial charge in [0.15, 0.2) is 0 Å². The van der Waals surface area contributed by atoms with Gasteiger partial charge >= 0.3 is 0 Å². The smallest absolute Gasteiger partial charge is 0.138 e. The van der Waals surface area contributed by atoms with E-state index in [0.29, 0.717) is 37.1 Å². The Labute approximate surface area is 138 Å². The van der Waals surface area contributed by atoms with Crippen molar-refractivity contribution in [3.8, 4) is 5.75 Å². The molecular formula is C17H26ClNO3. The fraction of sp³-hybridized carbons (Fsp3) is 0.647. The first kappa shape index (κ1) is 17.5. The van der Waals surface area contributed by atoms with Crippen molar-refractivity contribution in [2.24, 2.45) is 0 Å². The zero-order valence-corrected chi connectivity index (χ0v) is 14.4. The summed E-state index contributed by atoms with van der Waals surface area (Å²) < 4.78 is 17.0. The van der Waals surface area contributed by atoms with E-state index in [4.69, 9.17) is 25.8 Å². The van der Waals surface area contributed by atoms with Gasteiger partial charge in [0.2, 0.25) is 0 Å². The van der Waals surface area contributed by atoms with Crippen LogP contribution in [-0.4, -0.2) is 56.6 Å². The lowest BCUT2D eigenvalue weighted by Gasteiger charge is -2.35. The molecule has 0 spiro atoms. The number of hydrogen-bond donors (Lipinski definition) is 0. The molecule has 0 N–H and O–H groups in total. The molecule has 0 aliphatic carbocycles. The summed E-state index contributed by atoms with van der Waals surface area (Å²) in [5.41, 5.74) is 1.14. The van der Waals surface area contributed by atoms with Crippen molar-refractivity contribution >= 4 is 11.6 Å². The lowest BCUT2D eigenvalue weighted by atomic mass is 10.2. The maximum atomic E-state index is 6.08. The van der Waals surface area contributed by atoms with E-state index < -0.39 is 0 Å². The van der Waals surface area contributed by atoms with Crippen LogP contribution in [0.4, 0.5) is 0 Å². The normalized spacial score (nSPS) is 22.7. The monoisotopic (exact) mass is 327 g/mol. The highest BCUT2D eigenvalue weighted by Crippen LogP contribution is 2.25. The van der Waals surface area contributed by atoms with Gasteiger partial charge in [0, 0.05) is 19.6 Å². The average molecular weight is 328 g/mol. The Bertz CT molecular complexity index is 459. The van der Waals surface area contributed by atoms with Crippen LogP contribution in [0.15, 0.2) is 18.2 Å². The van der Waals surface area contributed by atoms with Crippen LogP contribution in [0, 0.1) is 6.92 Å². The molecule has 0 bridgehead atoms. The summed E-state index contributed by atoms with van der Waals surface area (Å²) in [6.07, 6.45) is 0.603. The van der Waals surface area contributed by atoms with Crippen LogP contribution < -0.4 is 4.74 Å². The van der Waals surface area contributed by atoms with Crippen LogP contribution in [0.1, 0.15) is 19.4 Å². The standard InChI is InChI=1S/C17H26ClNO3/c1-13-4-5-16(18)17(10-13)21-9-8-20-7-6-19-11-14(2)22-15(3)12-19/h4-5,10,14-15H,6-9,11-12H2,1-3H3/t14-,15-/m1/s1. The lowest BCUT2D eigenvalue weighted by Crippen LogP contribution is -2.46. The molecule has 1 saturated heterocycles. The molecule has 0 saturated carbocycles. The van der Waals surface area contributed by atoms with Crippen molar-refractivity contribution in [2.75, 3.05) is 39.5 Å². The maximum Gasteiger partial charge on any atom is 0.138 e. The number of morpholine rings is 1. The number of halogens is 1. The van der Waals surface area contributed by atoms with E-state index in [1.807, 2.05) is 25.1 Å². The van der Waals surface area contributed by atoms with Gasteiger partial charge in [-0.05, 0) is 38.5 Å². The summed E-state index contributed by atoms with van der Waals surface area (Å²) in [7, 11) is 0. The molecule has 0 unspecified atom stereocenters. The van der Waals surface area contributed by atoms with E-state index in [9.17, 15) is 0 Å². The molecule has 0 amide bonds. The van der Waals surface area contributed by atoms with Gasteiger partial charge in [-0.15, -0.1) is 0 Å². The molecule has 124 valence electrons. The van der Waals surface area contributed by atoms with E-state index in [2.05, 4.69) is 18.7 Å². The first-order valence-electron chi connectivity index (χ1n) is 7.89. The molecule has 1 heterocycles. The van der Waals surface area contributed by atoms with Gasteiger partial charge in [-0.3, -0.25) is 4.90 Å². The lowest BCUT2D eigenvalue weighted by molar-refractivity contribution is -0.0734. The molecule has 1 aliphatic rings. The Morgan fingerprint density at radius 2 is 1.91 bits per heavy atom. The third-order valence-electron chi connectivity index (χ3n) is 3.62. The Morgan fingerprint density at radius 3 is 2.64 bits per heavy atom. The van der Waals surface area contributed by atoms with Gasteiger partial charge < -0.3 is 14.2 Å². The molecule has 4 nitrogen and oxygen atoms in total. The number of aryl methyl sites for hydroxylation is 1. The summed E-state index contributed by atoms with van der Waals surface area (Å²) in [5.74, 6) is 0.723. The minimum Gasteiger partial charge on any atom is -0.490 e. The van der Waals surface area contributed by atoms with Crippen molar-refractivity contribution in [3.63, 3.8) is 0 Å². The molecular weight excluding hydrogens is 302 g/mol. The van der Waals surface area contributed by atoms with Crippen LogP contribution in [0.5, 0.6) is 5.75 Å². The predicted octanol–water partition coefficient (Wildman–Crippen LogP) is 3.15. The second kappa shape index (κ2) is 8.73. The molecule has 0 radical (unpaired) electrons. The van der Waals surface area contributed by atoms with Crippen molar-refractivity contribution in [3.05, 3.63) is 28.8 Å². The largest absolute Gasteiger partial charge is 0.490 e. The van der Waals surface area contributed by atoms with Crippen LogP contribution in [-0.2, 0) is 9.47 Å². The van der Waals surface area contributed by atoms with Gasteiger partial charge in [-0.1, -0.05) is 17.7 Å². The number of rotatable bonds is 7. The SMILES string of the molecule is Cc1ccc(Cl)c(OCCOCCN2C[C@@H](C)O[C@H](C)C2)c1. The van der Waals surface area contributed by atoms with E-state index in [0.717, 1.165) is 30.9 Å². The summed E-state index contributed by atoms with van der Waals surface area (Å²) >= 11 is 6.08. The Morgan fingerprint density at radius 1 is 1.18 bits per heavy atom. The number of hydrogen-bond acceptors (Lipinski definition) is 4. The fourth-order valence-electron chi connectivity index (χ4n) is 2.69. The molecule has 1 aromatic rings. The second-order valence-corrected chi connectivity index (χ2v) is 6.32. The van der Waals surface area contributed by atoms with Crippen molar-refractivity contribution in [1.29, 1.82) is 0 Å². The van der Waals surface area contributed by atoms with E-state index in [1.165, 1.54) is 0 Å². The number of nitrogens with zero attached hydrogens (tertiary/aromatic N) is 1. The van der Waals surface area contributed by atoms with Crippen LogP contribution in [0.3, 0.4) is 0 Å². The second-order valence-electron chi connectivity index (χ2n) is 5.91. The Kier molecular flexibility index (Phi) is 6.96. The molecule has 0 aromatic heterocycles. The molecule has 1 aromatic carbocycles. The summed E-state index contributed by atoms with van der Waals surface area (Å²) in [6, 6.07) is 5.77. The summed E-state index contributed by atoms with van der Waals surface area (Å²) in [4.78, 5) is 2.39. The van der Waals surface area contributed by atoms with Gasteiger partial charge in [0.1, 0.15) is 12.4 Å². The zero-order chi connectivity index (χ0) is 15.9. The third kappa shape index (κ3) is 5.76. The number of ether oxygens (including phenoxy) is 3. The van der Waals surface area contributed by atoms with E-state index >= 15 is 0 Å². The zero-order valence-electron chi connectivity index (χ0n) is 13.7. The Hall–Kier alpha value is -0.810. The third-order valence-corrected chi connectivity index (χ3v) is 3.93. The van der Waals surface area contributed by atoms with E-state index in [1.54, 1.807) is 0 Å². The average Bonchev–Trinajstić information content (AvgIpc) is 2.45. The predicted molar refractivity (Wildman–Crippen MR) is 89.0 cm³/mol.